The molecule has 2 aliphatic heterocycles. The minimum absolute atomic E-state index is 0.0189. The summed E-state index contributed by atoms with van der Waals surface area (Å²) in [5.41, 5.74) is -0.788. The molecule has 2 aliphatic carbocycles. The van der Waals surface area contributed by atoms with Gasteiger partial charge in [-0.25, -0.2) is 8.78 Å². The number of benzene rings is 1. The minimum Gasteiger partial charge on any atom is -0.502 e. The molecule has 1 N–H and O–H groups in total. The Morgan fingerprint density at radius 1 is 1.17 bits per heavy atom. The molecule has 2 fully saturated rings. The number of carbonyl (C=O) groups excluding carboxylic acids is 2. The van der Waals surface area contributed by atoms with Crippen LogP contribution in [0.4, 0.5) is 8.78 Å². The summed E-state index contributed by atoms with van der Waals surface area (Å²) in [5, 5.41) is 11.0. The summed E-state index contributed by atoms with van der Waals surface area (Å²) in [6.07, 6.45) is 2.69. The molecule has 2 saturated carbocycles. The van der Waals surface area contributed by atoms with Crippen LogP contribution in [-0.2, 0) is 23.4 Å². The molecule has 10 heteroatoms. The van der Waals surface area contributed by atoms with Gasteiger partial charge in [0.15, 0.2) is 17.4 Å². The van der Waals surface area contributed by atoms with Gasteiger partial charge in [-0.15, -0.1) is 0 Å². The lowest BCUT2D eigenvalue weighted by Crippen LogP contribution is -2.51. The van der Waals surface area contributed by atoms with Gasteiger partial charge in [0.25, 0.3) is 17.4 Å². The Balaban J connectivity index is 1.44. The van der Waals surface area contributed by atoms with Crippen molar-refractivity contribution in [3.05, 3.63) is 62.6 Å². The van der Waals surface area contributed by atoms with Gasteiger partial charge >= 0.3 is 0 Å². The van der Waals surface area contributed by atoms with Crippen LogP contribution in [0, 0.1) is 23.5 Å². The molecule has 1 aromatic heterocycles. The van der Waals surface area contributed by atoms with Crippen LogP contribution < -0.4 is 5.56 Å². The first-order valence-electron chi connectivity index (χ1n) is 11.8. The van der Waals surface area contributed by atoms with Gasteiger partial charge in [-0.3, -0.25) is 19.0 Å². The van der Waals surface area contributed by atoms with Gasteiger partial charge in [0, 0.05) is 38.2 Å². The number of hydrogen-bond donors (Lipinski definition) is 1. The second-order valence-electron chi connectivity index (χ2n) is 9.89. The molecule has 1 aromatic carbocycles. The van der Waals surface area contributed by atoms with Crippen molar-refractivity contribution in [3.63, 3.8) is 0 Å². The molecule has 35 heavy (non-hydrogen) atoms. The molecule has 1 spiro atoms. The molecule has 184 valence electrons. The third-order valence-corrected chi connectivity index (χ3v) is 8.16. The number of aromatic nitrogens is 1. The van der Waals surface area contributed by atoms with Crippen LogP contribution in [-0.4, -0.2) is 58.1 Å². The summed E-state index contributed by atoms with van der Waals surface area (Å²) in [5.74, 6) is -3.00. The molecule has 2 amide bonds. The molecular weight excluding hydrogens is 460 g/mol. The van der Waals surface area contributed by atoms with Gasteiger partial charge in [-0.05, 0) is 49.3 Å². The molecule has 0 bridgehead atoms. The normalized spacial score (nSPS) is 26.4. The fourth-order valence-electron chi connectivity index (χ4n) is 6.53. The first-order chi connectivity index (χ1) is 16.8. The van der Waals surface area contributed by atoms with Crippen molar-refractivity contribution in [1.82, 2.24) is 14.4 Å². The Morgan fingerprint density at radius 2 is 1.97 bits per heavy atom. The van der Waals surface area contributed by atoms with Crippen LogP contribution in [0.25, 0.3) is 0 Å². The molecule has 2 aromatic rings. The van der Waals surface area contributed by atoms with E-state index in [9.17, 15) is 28.3 Å². The Kier molecular flexibility index (Phi) is 4.83. The monoisotopic (exact) mass is 485 g/mol. The number of aromatic hydroxyl groups is 1. The number of halogens is 2. The van der Waals surface area contributed by atoms with Crippen molar-refractivity contribution in [1.29, 1.82) is 0 Å². The van der Waals surface area contributed by atoms with Crippen molar-refractivity contribution in [3.8, 4) is 5.75 Å². The van der Waals surface area contributed by atoms with Gasteiger partial charge in [-0.1, -0.05) is 6.07 Å². The van der Waals surface area contributed by atoms with E-state index in [1.165, 1.54) is 15.5 Å². The van der Waals surface area contributed by atoms with Gasteiger partial charge in [-0.2, -0.15) is 0 Å². The maximum Gasteiger partial charge on any atom is 0.296 e. The number of fused-ring (bicyclic) bond motifs is 6. The number of ether oxygens (including phenoxy) is 1. The zero-order chi connectivity index (χ0) is 24.6. The summed E-state index contributed by atoms with van der Waals surface area (Å²) in [4.78, 5) is 43.8. The lowest BCUT2D eigenvalue weighted by Gasteiger charge is -2.38. The average Bonchev–Trinajstić information content (AvgIpc) is 3.48. The van der Waals surface area contributed by atoms with E-state index in [4.69, 9.17) is 4.74 Å². The van der Waals surface area contributed by atoms with Crippen LogP contribution >= 0.6 is 0 Å². The second-order valence-corrected chi connectivity index (χ2v) is 9.89. The zero-order valence-corrected chi connectivity index (χ0v) is 19.2. The predicted molar refractivity (Wildman–Crippen MR) is 119 cm³/mol. The highest BCUT2D eigenvalue weighted by atomic mass is 19.2. The van der Waals surface area contributed by atoms with Gasteiger partial charge in [0.1, 0.15) is 11.4 Å². The van der Waals surface area contributed by atoms with Crippen molar-refractivity contribution in [2.75, 3.05) is 26.8 Å². The summed E-state index contributed by atoms with van der Waals surface area (Å²) >= 11 is 0. The smallest absolute Gasteiger partial charge is 0.296 e. The van der Waals surface area contributed by atoms with Crippen LogP contribution in [0.15, 0.2) is 23.0 Å². The molecule has 8 nitrogen and oxygen atoms in total. The van der Waals surface area contributed by atoms with E-state index >= 15 is 0 Å². The van der Waals surface area contributed by atoms with Gasteiger partial charge in [0.2, 0.25) is 0 Å². The van der Waals surface area contributed by atoms with Crippen LogP contribution in [0.3, 0.4) is 0 Å². The first-order valence-corrected chi connectivity index (χ1v) is 11.8. The van der Waals surface area contributed by atoms with Gasteiger partial charge < -0.3 is 19.6 Å². The van der Waals surface area contributed by atoms with E-state index in [1.54, 1.807) is 12.0 Å². The van der Waals surface area contributed by atoms with E-state index in [2.05, 4.69) is 0 Å². The summed E-state index contributed by atoms with van der Waals surface area (Å²) in [7, 11) is 1.55. The molecule has 3 atom stereocenters. The van der Waals surface area contributed by atoms with Crippen LogP contribution in [0.5, 0.6) is 5.75 Å². The maximum atomic E-state index is 13.7. The molecule has 3 unspecified atom stereocenters. The minimum atomic E-state index is -1.02. The van der Waals surface area contributed by atoms with Crippen molar-refractivity contribution in [2.45, 2.75) is 37.9 Å². The maximum absolute atomic E-state index is 13.7. The van der Waals surface area contributed by atoms with E-state index in [-0.39, 0.29) is 42.6 Å². The highest BCUT2D eigenvalue weighted by Crippen LogP contribution is 2.64. The molecule has 6 rings (SSSR count). The van der Waals surface area contributed by atoms with Crippen molar-refractivity contribution >= 4 is 11.8 Å². The van der Waals surface area contributed by atoms with E-state index in [0.717, 1.165) is 25.0 Å². The lowest BCUT2D eigenvalue weighted by molar-refractivity contribution is 0.0137. The fourth-order valence-corrected chi connectivity index (χ4v) is 6.53. The van der Waals surface area contributed by atoms with E-state index < -0.39 is 34.5 Å². The standard InChI is InChI=1S/C25H25F2N3O5/c1-35-9-8-29-23(33)20-15-5-7-28(12-13-2-3-17(26)18(27)10-13)22(32)19(15)21(31)24(34)30(20)25(29)6-4-14-11-16(14)25/h2-3,10,14,16,31H,4-9,11-12H2,1H3. The van der Waals surface area contributed by atoms with Crippen molar-refractivity contribution in [2.24, 2.45) is 11.8 Å². The summed E-state index contributed by atoms with van der Waals surface area (Å²) in [6.45, 7) is 0.808. The molecule has 0 saturated heterocycles. The Bertz CT molecular complexity index is 1340. The largest absolute Gasteiger partial charge is 0.502 e. The van der Waals surface area contributed by atoms with E-state index in [0.29, 0.717) is 36.6 Å². The number of carbonyl (C=O) groups is 2. The second kappa shape index (κ2) is 7.61. The molecule has 4 aliphatic rings. The summed E-state index contributed by atoms with van der Waals surface area (Å²) in [6, 6.07) is 3.39. The topological polar surface area (TPSA) is 92.1 Å². The third kappa shape index (κ3) is 2.95. The van der Waals surface area contributed by atoms with Crippen LogP contribution in [0.1, 0.15) is 51.2 Å². The van der Waals surface area contributed by atoms with Crippen molar-refractivity contribution < 1.29 is 28.2 Å². The number of amides is 2. The highest BCUT2D eigenvalue weighted by molar-refractivity contribution is 6.05. The number of nitrogens with zero attached hydrogens (tertiary/aromatic N) is 3. The van der Waals surface area contributed by atoms with Crippen LogP contribution in [0.2, 0.25) is 0 Å². The average molecular weight is 485 g/mol. The number of methoxy groups -OCH3 is 1. The molecule has 3 heterocycles. The number of pyridine rings is 1. The fraction of sp³-hybridized carbons (Fsp3) is 0.480. The molecular formula is C25H25F2N3O5. The highest BCUT2D eigenvalue weighted by Gasteiger charge is 2.67. The first kappa shape index (κ1) is 22.2. The Labute approximate surface area is 199 Å². The lowest BCUT2D eigenvalue weighted by atomic mass is 9.95. The zero-order valence-electron chi connectivity index (χ0n) is 19.2. The quantitative estimate of drug-likeness (QED) is 0.701. The Hall–Kier alpha value is -3.27. The third-order valence-electron chi connectivity index (χ3n) is 8.16. The number of rotatable bonds is 5. The summed E-state index contributed by atoms with van der Waals surface area (Å²) < 4.78 is 33.7. The SMILES string of the molecule is COCCN1C(=O)c2c3c(c(O)c(=O)n2C12CCC1CC12)C(=O)N(Cc1ccc(F)c(F)c1)CC3. The van der Waals surface area contributed by atoms with E-state index in [1.807, 2.05) is 0 Å². The predicted octanol–water partition coefficient (Wildman–Crippen LogP) is 2.22. The molecule has 0 radical (unpaired) electrons. The number of hydrogen-bond acceptors (Lipinski definition) is 5. The van der Waals surface area contributed by atoms with Gasteiger partial charge in [0.05, 0.1) is 12.2 Å². The Morgan fingerprint density at radius 3 is 2.63 bits per heavy atom.